The number of hydrogen-bond acceptors (Lipinski definition) is 3. The van der Waals surface area contributed by atoms with Crippen molar-refractivity contribution in [2.24, 2.45) is 5.16 Å². The summed E-state index contributed by atoms with van der Waals surface area (Å²) in [6.45, 7) is 3.52. The minimum atomic E-state index is -0.313. The lowest BCUT2D eigenvalue weighted by Gasteiger charge is -2.05. The normalized spacial score (nSPS) is 11.8. The molecule has 17 heavy (non-hydrogen) atoms. The minimum Gasteiger partial charge on any atom is -0.411 e. The van der Waals surface area contributed by atoms with E-state index in [4.69, 9.17) is 5.21 Å². The largest absolute Gasteiger partial charge is 0.411 e. The molecule has 1 aromatic carbocycles. The molecular weight excluding hydrogens is 221 g/mol. The van der Waals surface area contributed by atoms with Crippen molar-refractivity contribution in [1.29, 1.82) is 0 Å². The number of rotatable bonds is 2. The molecule has 0 saturated carbocycles. The van der Waals surface area contributed by atoms with Crippen LogP contribution in [-0.4, -0.2) is 20.7 Å². The summed E-state index contributed by atoms with van der Waals surface area (Å²) in [6.07, 6.45) is 1.59. The van der Waals surface area contributed by atoms with Gasteiger partial charge in [-0.2, -0.15) is 5.10 Å². The van der Waals surface area contributed by atoms with Gasteiger partial charge in [-0.1, -0.05) is 11.2 Å². The molecule has 1 N–H and O–H groups in total. The smallest absolute Gasteiger partial charge is 0.125 e. The third kappa shape index (κ3) is 2.04. The van der Waals surface area contributed by atoms with Gasteiger partial charge in [0, 0.05) is 5.56 Å². The fraction of sp³-hybridized carbons (Fsp3) is 0.167. The standard InChI is InChI=1S/C12H12FN3O/c1-8(15-17)12-7-14-16(9(12)2)11-5-3-4-10(13)6-11/h3-7,17H,1-2H3. The van der Waals surface area contributed by atoms with Gasteiger partial charge in [0.05, 0.1) is 23.3 Å². The van der Waals surface area contributed by atoms with Crippen molar-refractivity contribution in [3.8, 4) is 5.69 Å². The zero-order valence-electron chi connectivity index (χ0n) is 9.55. The summed E-state index contributed by atoms with van der Waals surface area (Å²) >= 11 is 0. The first-order valence-corrected chi connectivity index (χ1v) is 5.13. The Balaban J connectivity index is 2.51. The lowest BCUT2D eigenvalue weighted by molar-refractivity contribution is 0.319. The molecule has 0 aliphatic rings. The summed E-state index contributed by atoms with van der Waals surface area (Å²) in [5.74, 6) is -0.313. The molecule has 5 heteroatoms. The van der Waals surface area contributed by atoms with Crippen molar-refractivity contribution < 1.29 is 9.60 Å². The zero-order chi connectivity index (χ0) is 12.4. The molecule has 4 nitrogen and oxygen atoms in total. The van der Waals surface area contributed by atoms with Crippen molar-refractivity contribution in [2.75, 3.05) is 0 Å². The average Bonchev–Trinajstić information content (AvgIpc) is 2.70. The predicted molar refractivity (Wildman–Crippen MR) is 62.3 cm³/mol. The Labute approximate surface area is 98.0 Å². The minimum absolute atomic E-state index is 0.313. The van der Waals surface area contributed by atoms with E-state index in [0.717, 1.165) is 11.3 Å². The molecule has 0 unspecified atom stereocenters. The van der Waals surface area contributed by atoms with Crippen molar-refractivity contribution in [2.45, 2.75) is 13.8 Å². The molecule has 0 fully saturated rings. The van der Waals surface area contributed by atoms with Gasteiger partial charge in [-0.15, -0.1) is 0 Å². The van der Waals surface area contributed by atoms with Crippen molar-refractivity contribution >= 4 is 5.71 Å². The van der Waals surface area contributed by atoms with Gasteiger partial charge in [-0.3, -0.25) is 0 Å². The van der Waals surface area contributed by atoms with E-state index in [1.165, 1.54) is 12.1 Å². The summed E-state index contributed by atoms with van der Waals surface area (Å²) in [7, 11) is 0. The van der Waals surface area contributed by atoms with Gasteiger partial charge in [-0.05, 0) is 32.0 Å². The molecule has 88 valence electrons. The summed E-state index contributed by atoms with van der Waals surface area (Å²) < 4.78 is 14.7. The SMILES string of the molecule is CC(=NO)c1cnn(-c2cccc(F)c2)c1C. The highest BCUT2D eigenvalue weighted by atomic mass is 19.1. The number of nitrogens with zero attached hydrogens (tertiary/aromatic N) is 3. The maximum absolute atomic E-state index is 13.1. The molecule has 0 bridgehead atoms. The number of hydrogen-bond donors (Lipinski definition) is 1. The Morgan fingerprint density at radius 3 is 2.88 bits per heavy atom. The first-order valence-electron chi connectivity index (χ1n) is 5.13. The van der Waals surface area contributed by atoms with E-state index in [1.807, 2.05) is 6.92 Å². The second-order valence-corrected chi connectivity index (χ2v) is 3.72. The number of halogens is 1. The van der Waals surface area contributed by atoms with Gasteiger partial charge < -0.3 is 5.21 Å². The van der Waals surface area contributed by atoms with Gasteiger partial charge >= 0.3 is 0 Å². The van der Waals surface area contributed by atoms with Crippen LogP contribution in [-0.2, 0) is 0 Å². The van der Waals surface area contributed by atoms with E-state index in [2.05, 4.69) is 10.3 Å². The predicted octanol–water partition coefficient (Wildman–Crippen LogP) is 2.52. The van der Waals surface area contributed by atoms with E-state index in [1.54, 1.807) is 29.9 Å². The first-order chi connectivity index (χ1) is 8.13. The molecule has 0 saturated heterocycles. The van der Waals surface area contributed by atoms with E-state index in [9.17, 15) is 4.39 Å². The van der Waals surface area contributed by atoms with Gasteiger partial charge in [0.1, 0.15) is 5.82 Å². The molecule has 1 heterocycles. The zero-order valence-corrected chi connectivity index (χ0v) is 9.55. The van der Waals surface area contributed by atoms with E-state index in [0.29, 0.717) is 11.4 Å². The first kappa shape index (κ1) is 11.3. The van der Waals surface area contributed by atoms with Crippen LogP contribution in [0.4, 0.5) is 4.39 Å². The van der Waals surface area contributed by atoms with Crippen LogP contribution >= 0.6 is 0 Å². The Morgan fingerprint density at radius 2 is 2.24 bits per heavy atom. The quantitative estimate of drug-likeness (QED) is 0.492. The molecule has 2 aromatic rings. The Kier molecular flexibility index (Phi) is 2.91. The van der Waals surface area contributed by atoms with Crippen LogP contribution in [0.1, 0.15) is 18.2 Å². The fourth-order valence-corrected chi connectivity index (χ4v) is 1.69. The van der Waals surface area contributed by atoms with Gasteiger partial charge in [-0.25, -0.2) is 9.07 Å². The monoisotopic (exact) mass is 233 g/mol. The van der Waals surface area contributed by atoms with E-state index >= 15 is 0 Å². The van der Waals surface area contributed by atoms with Gasteiger partial charge in [0.15, 0.2) is 0 Å². The second kappa shape index (κ2) is 4.37. The van der Waals surface area contributed by atoms with Gasteiger partial charge in [0.25, 0.3) is 0 Å². The molecule has 1 aromatic heterocycles. The van der Waals surface area contributed by atoms with Crippen molar-refractivity contribution in [3.63, 3.8) is 0 Å². The van der Waals surface area contributed by atoms with Crippen LogP contribution in [0.2, 0.25) is 0 Å². The van der Waals surface area contributed by atoms with Crippen LogP contribution in [0, 0.1) is 12.7 Å². The van der Waals surface area contributed by atoms with Crippen LogP contribution in [0.3, 0.4) is 0 Å². The van der Waals surface area contributed by atoms with Crippen LogP contribution in [0.15, 0.2) is 35.6 Å². The van der Waals surface area contributed by atoms with Gasteiger partial charge in [0.2, 0.25) is 0 Å². The summed E-state index contributed by atoms with van der Waals surface area (Å²) in [6, 6.07) is 6.16. The third-order valence-corrected chi connectivity index (χ3v) is 2.60. The summed E-state index contributed by atoms with van der Waals surface area (Å²) in [4.78, 5) is 0. The lowest BCUT2D eigenvalue weighted by Crippen LogP contribution is -2.02. The Bertz CT molecular complexity index is 575. The second-order valence-electron chi connectivity index (χ2n) is 3.72. The van der Waals surface area contributed by atoms with Crippen LogP contribution < -0.4 is 0 Å². The van der Waals surface area contributed by atoms with Crippen LogP contribution in [0.5, 0.6) is 0 Å². The summed E-state index contributed by atoms with van der Waals surface area (Å²) in [5.41, 5.74) is 2.65. The van der Waals surface area contributed by atoms with Crippen LogP contribution in [0.25, 0.3) is 5.69 Å². The molecule has 0 radical (unpaired) electrons. The van der Waals surface area contributed by atoms with Crippen molar-refractivity contribution in [3.05, 3.63) is 47.5 Å². The maximum Gasteiger partial charge on any atom is 0.125 e. The fourth-order valence-electron chi connectivity index (χ4n) is 1.69. The molecular formula is C12H12FN3O. The highest BCUT2D eigenvalue weighted by Gasteiger charge is 2.10. The average molecular weight is 233 g/mol. The molecule has 0 aliphatic carbocycles. The Morgan fingerprint density at radius 1 is 1.47 bits per heavy atom. The molecule has 0 aliphatic heterocycles. The Hall–Kier alpha value is -2.17. The molecule has 2 rings (SSSR count). The molecule has 0 amide bonds. The number of benzene rings is 1. The molecule has 0 spiro atoms. The van der Waals surface area contributed by atoms with Crippen molar-refractivity contribution in [1.82, 2.24) is 9.78 Å². The number of oxime groups is 1. The lowest BCUT2D eigenvalue weighted by atomic mass is 10.2. The highest BCUT2D eigenvalue weighted by Crippen LogP contribution is 2.15. The maximum atomic E-state index is 13.1. The molecule has 0 atom stereocenters. The third-order valence-electron chi connectivity index (χ3n) is 2.60. The van der Waals surface area contributed by atoms with E-state index < -0.39 is 0 Å². The highest BCUT2D eigenvalue weighted by molar-refractivity contribution is 5.99. The topological polar surface area (TPSA) is 50.4 Å². The van der Waals surface area contributed by atoms with E-state index in [-0.39, 0.29) is 5.82 Å². The number of aromatic nitrogens is 2. The summed E-state index contributed by atoms with van der Waals surface area (Å²) in [5, 5.41) is 16.0.